The maximum absolute atomic E-state index is 14.5. The standard InChI is InChI=1S/C20H22ClFN4O2S/c1-4-5-11-26(29(27,28)15-9-7-6-8-10-15)19-13-18(22)17(21)12-16(19)20-24-23-14(2)25(20)3/h6-10,12-13H,4-5,11H2,1-3H3. The second-order valence-corrected chi connectivity index (χ2v) is 8.93. The van der Waals surface area contributed by atoms with Gasteiger partial charge < -0.3 is 4.57 Å². The second-order valence-electron chi connectivity index (χ2n) is 6.66. The summed E-state index contributed by atoms with van der Waals surface area (Å²) in [6.45, 7) is 3.93. The van der Waals surface area contributed by atoms with Crippen LogP contribution in [0.1, 0.15) is 25.6 Å². The van der Waals surface area contributed by atoms with Crippen molar-refractivity contribution in [2.75, 3.05) is 10.8 Å². The number of halogens is 2. The summed E-state index contributed by atoms with van der Waals surface area (Å²) in [5.41, 5.74) is 0.579. The van der Waals surface area contributed by atoms with Gasteiger partial charge in [0.1, 0.15) is 11.6 Å². The average molecular weight is 437 g/mol. The molecule has 0 saturated carbocycles. The first-order valence-electron chi connectivity index (χ1n) is 9.20. The molecular weight excluding hydrogens is 415 g/mol. The van der Waals surface area contributed by atoms with Crippen molar-refractivity contribution in [1.82, 2.24) is 14.8 Å². The lowest BCUT2D eigenvalue weighted by molar-refractivity contribution is 0.588. The zero-order chi connectivity index (χ0) is 21.2. The van der Waals surface area contributed by atoms with Gasteiger partial charge in [-0.25, -0.2) is 12.8 Å². The minimum absolute atomic E-state index is 0.114. The molecule has 9 heteroatoms. The largest absolute Gasteiger partial charge is 0.314 e. The molecule has 6 nitrogen and oxygen atoms in total. The number of unbranched alkanes of at least 4 members (excludes halogenated alkanes) is 1. The molecule has 0 bridgehead atoms. The van der Waals surface area contributed by atoms with Gasteiger partial charge in [-0.1, -0.05) is 43.1 Å². The minimum atomic E-state index is -3.93. The van der Waals surface area contributed by atoms with Crippen LogP contribution in [-0.4, -0.2) is 29.7 Å². The van der Waals surface area contributed by atoms with Gasteiger partial charge >= 0.3 is 0 Å². The van der Waals surface area contributed by atoms with Gasteiger partial charge in [0.05, 0.1) is 15.6 Å². The summed E-state index contributed by atoms with van der Waals surface area (Å²) in [7, 11) is -2.17. The van der Waals surface area contributed by atoms with Crippen molar-refractivity contribution < 1.29 is 12.8 Å². The number of aromatic nitrogens is 3. The summed E-state index contributed by atoms with van der Waals surface area (Å²) < 4.78 is 44.3. The van der Waals surface area contributed by atoms with Crippen LogP contribution in [-0.2, 0) is 17.1 Å². The number of aryl methyl sites for hydroxylation is 1. The van der Waals surface area contributed by atoms with Gasteiger partial charge in [-0.3, -0.25) is 4.31 Å². The molecule has 3 aromatic rings. The highest BCUT2D eigenvalue weighted by molar-refractivity contribution is 7.92. The highest BCUT2D eigenvalue weighted by atomic mass is 35.5. The first kappa shape index (κ1) is 21.3. The van der Waals surface area contributed by atoms with Gasteiger partial charge in [-0.05, 0) is 31.5 Å². The molecule has 3 rings (SSSR count). The predicted molar refractivity (Wildman–Crippen MR) is 112 cm³/mol. The molecule has 0 unspecified atom stereocenters. The van der Waals surface area contributed by atoms with E-state index in [1.54, 1.807) is 36.7 Å². The van der Waals surface area contributed by atoms with Crippen LogP contribution >= 0.6 is 11.6 Å². The smallest absolute Gasteiger partial charge is 0.264 e. The van der Waals surface area contributed by atoms with Gasteiger partial charge in [-0.15, -0.1) is 10.2 Å². The van der Waals surface area contributed by atoms with Crippen molar-refractivity contribution in [3.8, 4) is 11.4 Å². The summed E-state index contributed by atoms with van der Waals surface area (Å²) >= 11 is 6.03. The Hall–Kier alpha value is -2.45. The fraction of sp³-hybridized carbons (Fsp3) is 0.300. The van der Waals surface area contributed by atoms with Gasteiger partial charge in [-0.2, -0.15) is 0 Å². The number of hydrogen-bond donors (Lipinski definition) is 0. The van der Waals surface area contributed by atoms with E-state index in [0.717, 1.165) is 12.5 Å². The van der Waals surface area contributed by atoms with Crippen LogP contribution in [0.2, 0.25) is 5.02 Å². The van der Waals surface area contributed by atoms with E-state index in [-0.39, 0.29) is 22.2 Å². The quantitative estimate of drug-likeness (QED) is 0.543. The van der Waals surface area contributed by atoms with Crippen molar-refractivity contribution in [3.05, 3.63) is 59.1 Å². The number of rotatable bonds is 7. The molecule has 0 N–H and O–H groups in total. The average Bonchev–Trinajstić information content (AvgIpc) is 3.03. The third kappa shape index (κ3) is 4.13. The van der Waals surface area contributed by atoms with Gasteiger partial charge in [0.2, 0.25) is 0 Å². The van der Waals surface area contributed by atoms with Crippen molar-refractivity contribution in [1.29, 1.82) is 0 Å². The number of hydrogen-bond acceptors (Lipinski definition) is 4. The molecule has 0 fully saturated rings. The summed E-state index contributed by atoms with van der Waals surface area (Å²) in [6, 6.07) is 10.6. The Morgan fingerprint density at radius 1 is 1.17 bits per heavy atom. The summed E-state index contributed by atoms with van der Waals surface area (Å²) in [5.74, 6) is 0.343. The lowest BCUT2D eigenvalue weighted by Gasteiger charge is -2.27. The van der Waals surface area contributed by atoms with Crippen molar-refractivity contribution in [3.63, 3.8) is 0 Å². The zero-order valence-electron chi connectivity index (χ0n) is 16.4. The summed E-state index contributed by atoms with van der Waals surface area (Å²) in [5, 5.41) is 8.07. The Labute approximate surface area is 175 Å². The third-order valence-corrected chi connectivity index (χ3v) is 6.80. The van der Waals surface area contributed by atoms with E-state index in [9.17, 15) is 12.8 Å². The first-order valence-corrected chi connectivity index (χ1v) is 11.0. The van der Waals surface area contributed by atoms with Crippen LogP contribution < -0.4 is 4.31 Å². The molecule has 154 valence electrons. The van der Waals surface area contributed by atoms with Crippen LogP contribution in [0.5, 0.6) is 0 Å². The SMILES string of the molecule is CCCCN(c1cc(F)c(Cl)cc1-c1nnc(C)n1C)S(=O)(=O)c1ccccc1. The number of anilines is 1. The van der Waals surface area contributed by atoms with Gasteiger partial charge in [0.25, 0.3) is 10.0 Å². The second kappa shape index (κ2) is 8.51. The molecule has 0 aliphatic carbocycles. The predicted octanol–water partition coefficient (Wildman–Crippen LogP) is 4.58. The van der Waals surface area contributed by atoms with E-state index >= 15 is 0 Å². The topological polar surface area (TPSA) is 68.1 Å². The summed E-state index contributed by atoms with van der Waals surface area (Å²) in [4.78, 5) is 0.131. The first-order chi connectivity index (χ1) is 13.8. The highest BCUT2D eigenvalue weighted by Crippen LogP contribution is 2.37. The molecule has 0 atom stereocenters. The van der Waals surface area contributed by atoms with E-state index in [2.05, 4.69) is 10.2 Å². The van der Waals surface area contributed by atoms with Crippen LogP contribution in [0.3, 0.4) is 0 Å². The molecule has 0 aliphatic heterocycles. The fourth-order valence-corrected chi connectivity index (χ4v) is 4.65. The Balaban J connectivity index is 2.26. The van der Waals surface area contributed by atoms with E-state index in [1.807, 2.05) is 6.92 Å². The van der Waals surface area contributed by atoms with Crippen LogP contribution in [0, 0.1) is 12.7 Å². The zero-order valence-corrected chi connectivity index (χ0v) is 18.0. The third-order valence-electron chi connectivity index (χ3n) is 4.69. The number of benzene rings is 2. The molecule has 29 heavy (non-hydrogen) atoms. The molecule has 1 heterocycles. The number of sulfonamides is 1. The van der Waals surface area contributed by atoms with E-state index in [0.29, 0.717) is 23.6 Å². The highest BCUT2D eigenvalue weighted by Gasteiger charge is 2.29. The van der Waals surface area contributed by atoms with Gasteiger partial charge in [0, 0.05) is 25.2 Å². The van der Waals surface area contributed by atoms with Crippen molar-refractivity contribution in [2.45, 2.75) is 31.6 Å². The Morgan fingerprint density at radius 2 is 1.86 bits per heavy atom. The van der Waals surface area contributed by atoms with Crippen molar-refractivity contribution in [2.24, 2.45) is 7.05 Å². The van der Waals surface area contributed by atoms with Crippen LogP contribution in [0.4, 0.5) is 10.1 Å². The van der Waals surface area contributed by atoms with Crippen LogP contribution in [0.15, 0.2) is 47.4 Å². The lowest BCUT2D eigenvalue weighted by atomic mass is 10.1. The fourth-order valence-electron chi connectivity index (χ4n) is 2.96. The minimum Gasteiger partial charge on any atom is -0.314 e. The van der Waals surface area contributed by atoms with E-state index in [1.165, 1.54) is 22.5 Å². The normalized spacial score (nSPS) is 11.6. The Morgan fingerprint density at radius 3 is 2.45 bits per heavy atom. The molecule has 0 spiro atoms. The van der Waals surface area contributed by atoms with E-state index in [4.69, 9.17) is 11.6 Å². The molecule has 2 aromatic carbocycles. The van der Waals surface area contributed by atoms with Gasteiger partial charge in [0.15, 0.2) is 5.82 Å². The van der Waals surface area contributed by atoms with Crippen LogP contribution in [0.25, 0.3) is 11.4 Å². The molecule has 0 saturated heterocycles. The monoisotopic (exact) mass is 436 g/mol. The Kier molecular flexibility index (Phi) is 6.24. The molecular formula is C20H22ClFN4O2S. The Bertz CT molecular complexity index is 1120. The lowest BCUT2D eigenvalue weighted by Crippen LogP contribution is -2.32. The number of nitrogens with zero attached hydrogens (tertiary/aromatic N) is 4. The van der Waals surface area contributed by atoms with E-state index < -0.39 is 15.8 Å². The molecule has 0 radical (unpaired) electrons. The molecule has 1 aromatic heterocycles. The molecule has 0 aliphatic rings. The summed E-state index contributed by atoms with van der Waals surface area (Å²) in [6.07, 6.45) is 1.38. The maximum Gasteiger partial charge on any atom is 0.264 e. The molecule has 0 amide bonds. The van der Waals surface area contributed by atoms with Crippen molar-refractivity contribution >= 4 is 27.3 Å². The maximum atomic E-state index is 14.5.